The van der Waals surface area contributed by atoms with Crippen molar-refractivity contribution in [1.29, 1.82) is 0 Å². The molecule has 0 aromatic carbocycles. The predicted octanol–water partition coefficient (Wildman–Crippen LogP) is 1.56. The van der Waals surface area contributed by atoms with Crippen molar-refractivity contribution in [2.24, 2.45) is 5.41 Å². The van der Waals surface area contributed by atoms with Gasteiger partial charge in [-0.1, -0.05) is 6.07 Å². The van der Waals surface area contributed by atoms with E-state index in [0.29, 0.717) is 6.54 Å². The van der Waals surface area contributed by atoms with Gasteiger partial charge in [-0.15, -0.1) is 11.3 Å². The van der Waals surface area contributed by atoms with Gasteiger partial charge < -0.3 is 10.1 Å². The van der Waals surface area contributed by atoms with Crippen LogP contribution in [-0.2, 0) is 20.9 Å². The summed E-state index contributed by atoms with van der Waals surface area (Å²) in [5, 5.41) is 4.65. The Bertz CT molecular complexity index is 371. The van der Waals surface area contributed by atoms with E-state index in [1.807, 2.05) is 17.5 Å². The number of rotatable bonds is 4. The smallest absolute Gasteiger partial charge is 0.320 e. The minimum Gasteiger partial charge on any atom is -0.468 e. The molecule has 0 spiro atoms. The number of methoxy groups -OCH3 is 1. The van der Waals surface area contributed by atoms with Crippen LogP contribution in [0.25, 0.3) is 0 Å². The third-order valence-corrected chi connectivity index (χ3v) is 3.14. The summed E-state index contributed by atoms with van der Waals surface area (Å²) in [5.74, 6) is -0.857. The minimum absolute atomic E-state index is 0.326. The molecule has 1 rings (SSSR count). The number of carbonyl (C=O) groups excluding carboxylic acids is 2. The van der Waals surface area contributed by atoms with Gasteiger partial charge in [0, 0.05) is 4.88 Å². The molecule has 16 heavy (non-hydrogen) atoms. The molecule has 1 aromatic heterocycles. The molecule has 0 aliphatic heterocycles. The molecule has 4 nitrogen and oxygen atoms in total. The van der Waals surface area contributed by atoms with Gasteiger partial charge in [-0.3, -0.25) is 9.59 Å². The van der Waals surface area contributed by atoms with E-state index in [4.69, 9.17) is 0 Å². The highest BCUT2D eigenvalue weighted by molar-refractivity contribution is 7.09. The van der Waals surface area contributed by atoms with E-state index in [0.717, 1.165) is 4.88 Å². The van der Waals surface area contributed by atoms with Crippen molar-refractivity contribution >= 4 is 23.2 Å². The molecule has 0 saturated heterocycles. The van der Waals surface area contributed by atoms with Crippen LogP contribution in [0, 0.1) is 5.41 Å². The average molecular weight is 241 g/mol. The van der Waals surface area contributed by atoms with Crippen LogP contribution in [0.5, 0.6) is 0 Å². The van der Waals surface area contributed by atoms with E-state index in [2.05, 4.69) is 10.1 Å². The van der Waals surface area contributed by atoms with E-state index in [1.165, 1.54) is 7.11 Å². The molecule has 0 bridgehead atoms. The Morgan fingerprint density at radius 3 is 2.69 bits per heavy atom. The fourth-order valence-electron chi connectivity index (χ4n) is 1.15. The first-order valence-electron chi connectivity index (χ1n) is 4.87. The first-order valence-corrected chi connectivity index (χ1v) is 5.75. The first kappa shape index (κ1) is 12.7. The maximum Gasteiger partial charge on any atom is 0.320 e. The van der Waals surface area contributed by atoms with Crippen LogP contribution in [-0.4, -0.2) is 19.0 Å². The van der Waals surface area contributed by atoms with E-state index >= 15 is 0 Å². The third-order valence-electron chi connectivity index (χ3n) is 2.27. The second-order valence-electron chi connectivity index (χ2n) is 3.88. The number of thiophene rings is 1. The summed E-state index contributed by atoms with van der Waals surface area (Å²) < 4.78 is 4.58. The molecular formula is C11H15NO3S. The van der Waals surface area contributed by atoms with Crippen LogP contribution in [0.15, 0.2) is 17.5 Å². The summed E-state index contributed by atoms with van der Waals surface area (Å²) in [6, 6.07) is 3.84. The Morgan fingerprint density at radius 2 is 2.19 bits per heavy atom. The molecule has 0 radical (unpaired) electrons. The maximum absolute atomic E-state index is 11.8. The van der Waals surface area contributed by atoms with Gasteiger partial charge in [0.25, 0.3) is 0 Å². The van der Waals surface area contributed by atoms with Crippen LogP contribution in [0.3, 0.4) is 0 Å². The summed E-state index contributed by atoms with van der Waals surface area (Å²) in [5.41, 5.74) is -1.15. The number of hydrogen-bond donors (Lipinski definition) is 1. The largest absolute Gasteiger partial charge is 0.468 e. The van der Waals surface area contributed by atoms with Gasteiger partial charge in [0.1, 0.15) is 5.41 Å². The normalized spacial score (nSPS) is 10.9. The highest BCUT2D eigenvalue weighted by Crippen LogP contribution is 2.17. The van der Waals surface area contributed by atoms with E-state index in [1.54, 1.807) is 25.2 Å². The highest BCUT2D eigenvalue weighted by atomic mass is 32.1. The molecule has 0 unspecified atom stereocenters. The van der Waals surface area contributed by atoms with Crippen LogP contribution in [0.2, 0.25) is 0 Å². The molecular weight excluding hydrogens is 226 g/mol. The summed E-state index contributed by atoms with van der Waals surface area (Å²) in [4.78, 5) is 24.2. The second kappa shape index (κ2) is 5.12. The van der Waals surface area contributed by atoms with Gasteiger partial charge in [0.05, 0.1) is 13.7 Å². The van der Waals surface area contributed by atoms with Crippen molar-refractivity contribution in [2.75, 3.05) is 7.11 Å². The molecule has 5 heteroatoms. The van der Waals surface area contributed by atoms with E-state index < -0.39 is 11.4 Å². The van der Waals surface area contributed by atoms with Crippen molar-refractivity contribution in [2.45, 2.75) is 20.4 Å². The number of ether oxygens (including phenoxy) is 1. The van der Waals surface area contributed by atoms with Crippen molar-refractivity contribution in [3.8, 4) is 0 Å². The molecule has 1 aromatic rings. The summed E-state index contributed by atoms with van der Waals surface area (Å²) in [6.07, 6.45) is 0. The Labute approximate surface area is 98.6 Å². The SMILES string of the molecule is COC(=O)C(C)(C)C(=O)NCc1cccs1. The molecule has 1 heterocycles. The van der Waals surface area contributed by atoms with Crippen LogP contribution < -0.4 is 5.32 Å². The molecule has 1 amide bonds. The lowest BCUT2D eigenvalue weighted by molar-refractivity contribution is -0.156. The van der Waals surface area contributed by atoms with Crippen molar-refractivity contribution in [3.05, 3.63) is 22.4 Å². The zero-order valence-corrected chi connectivity index (χ0v) is 10.4. The Kier molecular flexibility index (Phi) is 4.06. The molecule has 0 atom stereocenters. The number of hydrogen-bond acceptors (Lipinski definition) is 4. The molecule has 0 aliphatic rings. The number of esters is 1. The predicted molar refractivity (Wildman–Crippen MR) is 62.0 cm³/mol. The van der Waals surface area contributed by atoms with Crippen molar-refractivity contribution < 1.29 is 14.3 Å². The van der Waals surface area contributed by atoms with E-state index in [9.17, 15) is 9.59 Å². The standard InChI is InChI=1S/C11H15NO3S/c1-11(2,10(14)15-3)9(13)12-7-8-5-4-6-16-8/h4-6H,7H2,1-3H3,(H,12,13). The van der Waals surface area contributed by atoms with Gasteiger partial charge in [-0.25, -0.2) is 0 Å². The Hall–Kier alpha value is -1.36. The minimum atomic E-state index is -1.15. The molecule has 1 N–H and O–H groups in total. The first-order chi connectivity index (χ1) is 7.48. The lowest BCUT2D eigenvalue weighted by Crippen LogP contribution is -2.42. The van der Waals surface area contributed by atoms with Gasteiger partial charge in [0.15, 0.2) is 0 Å². The number of nitrogens with one attached hydrogen (secondary N) is 1. The zero-order valence-electron chi connectivity index (χ0n) is 9.57. The quantitative estimate of drug-likeness (QED) is 0.643. The third kappa shape index (κ3) is 2.82. The van der Waals surface area contributed by atoms with E-state index in [-0.39, 0.29) is 5.91 Å². The Balaban J connectivity index is 2.55. The molecule has 0 saturated carbocycles. The maximum atomic E-state index is 11.8. The topological polar surface area (TPSA) is 55.4 Å². The lowest BCUT2D eigenvalue weighted by atomic mass is 9.92. The fourth-order valence-corrected chi connectivity index (χ4v) is 1.79. The highest BCUT2D eigenvalue weighted by Gasteiger charge is 2.36. The van der Waals surface area contributed by atoms with Crippen LogP contribution in [0.1, 0.15) is 18.7 Å². The van der Waals surface area contributed by atoms with Gasteiger partial charge in [-0.05, 0) is 25.3 Å². The summed E-state index contributed by atoms with van der Waals surface area (Å²) in [7, 11) is 1.27. The second-order valence-corrected chi connectivity index (χ2v) is 4.91. The number of amides is 1. The van der Waals surface area contributed by atoms with Gasteiger partial charge in [-0.2, -0.15) is 0 Å². The summed E-state index contributed by atoms with van der Waals surface area (Å²) in [6.45, 7) is 3.53. The fraction of sp³-hybridized carbons (Fsp3) is 0.455. The summed E-state index contributed by atoms with van der Waals surface area (Å²) >= 11 is 1.56. The van der Waals surface area contributed by atoms with Gasteiger partial charge >= 0.3 is 5.97 Å². The van der Waals surface area contributed by atoms with Gasteiger partial charge in [0.2, 0.25) is 5.91 Å². The average Bonchev–Trinajstić information content (AvgIpc) is 2.77. The molecule has 0 fully saturated rings. The van der Waals surface area contributed by atoms with Crippen molar-refractivity contribution in [3.63, 3.8) is 0 Å². The Morgan fingerprint density at radius 1 is 1.50 bits per heavy atom. The van der Waals surface area contributed by atoms with Crippen LogP contribution >= 0.6 is 11.3 Å². The van der Waals surface area contributed by atoms with Crippen molar-refractivity contribution in [1.82, 2.24) is 5.32 Å². The molecule has 88 valence electrons. The molecule has 0 aliphatic carbocycles. The number of carbonyl (C=O) groups is 2. The zero-order chi connectivity index (χ0) is 12.2. The monoisotopic (exact) mass is 241 g/mol. The van der Waals surface area contributed by atoms with Crippen LogP contribution in [0.4, 0.5) is 0 Å². The lowest BCUT2D eigenvalue weighted by Gasteiger charge is -2.20.